The monoisotopic (exact) mass is 365 g/mol. The van der Waals surface area contributed by atoms with Crippen LogP contribution in [-0.2, 0) is 4.74 Å². The Morgan fingerprint density at radius 3 is 2.73 bits per heavy atom. The molecule has 22 heavy (non-hydrogen) atoms. The third kappa shape index (κ3) is 4.26. The predicted molar refractivity (Wildman–Crippen MR) is 83.8 cm³/mol. The van der Waals surface area contributed by atoms with E-state index in [0.717, 1.165) is 6.20 Å². The summed E-state index contributed by atoms with van der Waals surface area (Å²) in [6.45, 7) is 0.500. The Hall–Kier alpha value is -2.48. The second-order valence-corrected chi connectivity index (χ2v) is 5.06. The average Bonchev–Trinajstić information content (AvgIpc) is 2.52. The number of carbonyl (C=O) groups excluding carboxylic acids is 1. The third-order valence-electron chi connectivity index (χ3n) is 2.69. The molecule has 8 heteroatoms. The number of nitro groups is 1. The highest BCUT2D eigenvalue weighted by molar-refractivity contribution is 9.10. The van der Waals surface area contributed by atoms with E-state index in [0.29, 0.717) is 22.4 Å². The van der Waals surface area contributed by atoms with Crippen molar-refractivity contribution in [2.45, 2.75) is 0 Å². The van der Waals surface area contributed by atoms with Gasteiger partial charge in [0, 0.05) is 10.5 Å². The Balaban J connectivity index is 1.78. The molecule has 0 saturated heterocycles. The van der Waals surface area contributed by atoms with Crippen molar-refractivity contribution in [1.82, 2.24) is 4.98 Å². The Kier molecular flexibility index (Phi) is 5.42. The Morgan fingerprint density at radius 1 is 1.32 bits per heavy atom. The van der Waals surface area contributed by atoms with Crippen molar-refractivity contribution in [3.63, 3.8) is 0 Å². The van der Waals surface area contributed by atoms with Gasteiger partial charge in [0.2, 0.25) is 0 Å². The normalized spacial score (nSPS) is 10.0. The molecule has 0 spiro atoms. The highest BCUT2D eigenvalue weighted by atomic mass is 79.9. The molecular weight excluding hydrogens is 354 g/mol. The van der Waals surface area contributed by atoms with Gasteiger partial charge in [-0.25, -0.2) is 9.78 Å². The molecule has 0 amide bonds. The van der Waals surface area contributed by atoms with Crippen LogP contribution in [0.4, 0.5) is 11.5 Å². The van der Waals surface area contributed by atoms with Gasteiger partial charge < -0.3 is 10.1 Å². The summed E-state index contributed by atoms with van der Waals surface area (Å²) >= 11 is 3.28. The Morgan fingerprint density at radius 2 is 2.09 bits per heavy atom. The molecule has 0 fully saturated rings. The fourth-order valence-electron chi connectivity index (χ4n) is 1.63. The van der Waals surface area contributed by atoms with Crippen molar-refractivity contribution in [3.05, 3.63) is 62.7 Å². The molecule has 2 rings (SSSR count). The SMILES string of the molecule is O=C(OCCNc1ccc([N+](=O)[O-])cn1)c1ccccc1Br. The number of pyridine rings is 1. The summed E-state index contributed by atoms with van der Waals surface area (Å²) in [5.41, 5.74) is 0.377. The number of benzene rings is 1. The van der Waals surface area contributed by atoms with Crippen LogP contribution in [0.5, 0.6) is 0 Å². The number of hydrogen-bond donors (Lipinski definition) is 1. The molecule has 0 unspecified atom stereocenters. The molecule has 0 aliphatic carbocycles. The van der Waals surface area contributed by atoms with Crippen molar-refractivity contribution in [1.29, 1.82) is 0 Å². The molecule has 7 nitrogen and oxygen atoms in total. The lowest BCUT2D eigenvalue weighted by Crippen LogP contribution is -2.14. The number of ether oxygens (including phenoxy) is 1. The van der Waals surface area contributed by atoms with Gasteiger partial charge in [0.15, 0.2) is 0 Å². The van der Waals surface area contributed by atoms with E-state index in [1.807, 2.05) is 6.07 Å². The van der Waals surface area contributed by atoms with Crippen molar-refractivity contribution < 1.29 is 14.5 Å². The summed E-state index contributed by atoms with van der Waals surface area (Å²) in [7, 11) is 0. The number of hydrogen-bond acceptors (Lipinski definition) is 6. The second-order valence-electron chi connectivity index (χ2n) is 4.20. The zero-order valence-electron chi connectivity index (χ0n) is 11.4. The van der Waals surface area contributed by atoms with Gasteiger partial charge in [-0.3, -0.25) is 10.1 Å². The number of rotatable bonds is 6. The first-order valence-electron chi connectivity index (χ1n) is 6.34. The molecule has 0 atom stereocenters. The number of aromatic nitrogens is 1. The van der Waals surface area contributed by atoms with Gasteiger partial charge in [-0.15, -0.1) is 0 Å². The number of halogens is 1. The van der Waals surface area contributed by atoms with E-state index in [1.54, 1.807) is 18.2 Å². The van der Waals surface area contributed by atoms with Gasteiger partial charge in [-0.05, 0) is 34.1 Å². The van der Waals surface area contributed by atoms with Crippen LogP contribution in [0, 0.1) is 10.1 Å². The lowest BCUT2D eigenvalue weighted by Gasteiger charge is -2.07. The molecule has 2 aromatic rings. The fourth-order valence-corrected chi connectivity index (χ4v) is 2.07. The van der Waals surface area contributed by atoms with Crippen LogP contribution in [-0.4, -0.2) is 29.0 Å². The minimum Gasteiger partial charge on any atom is -0.460 e. The highest BCUT2D eigenvalue weighted by Gasteiger charge is 2.10. The topological polar surface area (TPSA) is 94.4 Å². The van der Waals surface area contributed by atoms with E-state index in [4.69, 9.17) is 4.74 Å². The smallest absolute Gasteiger partial charge is 0.339 e. The molecule has 0 aliphatic rings. The van der Waals surface area contributed by atoms with Gasteiger partial charge in [0.25, 0.3) is 5.69 Å². The summed E-state index contributed by atoms with van der Waals surface area (Å²) in [5, 5.41) is 13.4. The summed E-state index contributed by atoms with van der Waals surface area (Å²) in [6, 6.07) is 9.83. The minimum atomic E-state index is -0.518. The zero-order valence-corrected chi connectivity index (χ0v) is 12.9. The first-order valence-corrected chi connectivity index (χ1v) is 7.13. The first kappa shape index (κ1) is 15.9. The van der Waals surface area contributed by atoms with Crippen molar-refractivity contribution in [3.8, 4) is 0 Å². The van der Waals surface area contributed by atoms with Crippen LogP contribution in [0.2, 0.25) is 0 Å². The van der Waals surface area contributed by atoms with Crippen LogP contribution in [0.25, 0.3) is 0 Å². The van der Waals surface area contributed by atoms with Gasteiger partial charge in [0.05, 0.1) is 17.0 Å². The van der Waals surface area contributed by atoms with Crippen LogP contribution in [0.3, 0.4) is 0 Å². The highest BCUT2D eigenvalue weighted by Crippen LogP contribution is 2.16. The Labute approximate surface area is 134 Å². The summed E-state index contributed by atoms with van der Waals surface area (Å²) < 4.78 is 5.80. The number of nitrogens with one attached hydrogen (secondary N) is 1. The van der Waals surface area contributed by atoms with E-state index in [2.05, 4.69) is 26.2 Å². The van der Waals surface area contributed by atoms with Crippen LogP contribution in [0.1, 0.15) is 10.4 Å². The van der Waals surface area contributed by atoms with Crippen LogP contribution in [0.15, 0.2) is 47.1 Å². The van der Waals surface area contributed by atoms with E-state index in [9.17, 15) is 14.9 Å². The molecule has 114 valence electrons. The molecule has 1 N–H and O–H groups in total. The maximum absolute atomic E-state index is 11.8. The van der Waals surface area contributed by atoms with Crippen LogP contribution >= 0.6 is 15.9 Å². The van der Waals surface area contributed by atoms with E-state index < -0.39 is 10.9 Å². The summed E-state index contributed by atoms with van der Waals surface area (Å²) in [4.78, 5) is 25.7. The van der Waals surface area contributed by atoms with Gasteiger partial charge in [-0.1, -0.05) is 12.1 Å². The standard InChI is InChI=1S/C14H12BrN3O4/c15-12-4-2-1-3-11(12)14(19)22-8-7-16-13-6-5-10(9-17-13)18(20)21/h1-6,9H,7-8H2,(H,16,17). The molecule has 1 aromatic carbocycles. The number of carbonyl (C=O) groups is 1. The molecule has 0 radical (unpaired) electrons. The third-order valence-corrected chi connectivity index (χ3v) is 3.39. The summed E-state index contributed by atoms with van der Waals surface area (Å²) in [6.07, 6.45) is 1.16. The largest absolute Gasteiger partial charge is 0.460 e. The van der Waals surface area contributed by atoms with E-state index >= 15 is 0 Å². The van der Waals surface area contributed by atoms with Gasteiger partial charge in [-0.2, -0.15) is 0 Å². The van der Waals surface area contributed by atoms with E-state index in [1.165, 1.54) is 12.1 Å². The number of esters is 1. The van der Waals surface area contributed by atoms with Crippen molar-refractivity contribution in [2.24, 2.45) is 0 Å². The predicted octanol–water partition coefficient (Wildman–Crippen LogP) is 3.02. The lowest BCUT2D eigenvalue weighted by molar-refractivity contribution is -0.385. The molecule has 0 aliphatic heterocycles. The molecular formula is C14H12BrN3O4. The second kappa shape index (κ2) is 7.51. The minimum absolute atomic E-state index is 0.0779. The molecule has 1 aromatic heterocycles. The molecule has 0 bridgehead atoms. The lowest BCUT2D eigenvalue weighted by atomic mass is 10.2. The summed E-state index contributed by atoms with van der Waals surface area (Å²) in [5.74, 6) is 0.0495. The zero-order chi connectivity index (χ0) is 15.9. The van der Waals surface area contributed by atoms with E-state index in [-0.39, 0.29) is 12.3 Å². The number of anilines is 1. The van der Waals surface area contributed by atoms with Crippen LogP contribution < -0.4 is 5.32 Å². The fraction of sp³-hybridized carbons (Fsp3) is 0.143. The quantitative estimate of drug-likeness (QED) is 0.366. The molecule has 0 saturated carbocycles. The molecule has 1 heterocycles. The maximum Gasteiger partial charge on any atom is 0.339 e. The maximum atomic E-state index is 11.8. The first-order chi connectivity index (χ1) is 10.6. The Bertz CT molecular complexity index is 676. The number of nitrogens with zero attached hydrogens (tertiary/aromatic N) is 2. The average molecular weight is 366 g/mol. The van der Waals surface area contributed by atoms with Crippen molar-refractivity contribution >= 4 is 33.4 Å². The van der Waals surface area contributed by atoms with Crippen molar-refractivity contribution in [2.75, 3.05) is 18.5 Å². The van der Waals surface area contributed by atoms with Gasteiger partial charge >= 0.3 is 5.97 Å². The van der Waals surface area contributed by atoms with Gasteiger partial charge in [0.1, 0.15) is 18.6 Å².